The lowest BCUT2D eigenvalue weighted by molar-refractivity contribution is 0.0389. The van der Waals surface area contributed by atoms with Gasteiger partial charge in [0, 0.05) is 38.3 Å². The summed E-state index contributed by atoms with van der Waals surface area (Å²) in [5, 5.41) is 10.2. The predicted molar refractivity (Wildman–Crippen MR) is 99.0 cm³/mol. The number of hydrogen-bond donors (Lipinski definition) is 1. The Balaban J connectivity index is 1.39. The molecule has 1 fully saturated rings. The summed E-state index contributed by atoms with van der Waals surface area (Å²) in [5.74, 6) is 0.879. The molecule has 144 valence electrons. The molecule has 1 amide bonds. The molecule has 3 rings (SSSR count). The minimum Gasteiger partial charge on any atom is -0.491 e. The van der Waals surface area contributed by atoms with Crippen LogP contribution in [0, 0.1) is 0 Å². The van der Waals surface area contributed by atoms with Crippen molar-refractivity contribution >= 4 is 11.7 Å². The van der Waals surface area contributed by atoms with Crippen LogP contribution in [0.2, 0.25) is 0 Å². The molecule has 2 aromatic rings. The molecule has 1 atom stereocenters. The standard InChI is InChI=1S/C20H24N2O5/c1-15(23)16-4-6-18(7-5-16)27-14-17(24)13-21-8-10-22(11-9-21)20(25)19-3-2-12-26-19/h2-7,12,17,24H,8-11,13-14H2,1H3. The van der Waals surface area contributed by atoms with Crippen molar-refractivity contribution in [3.63, 3.8) is 0 Å². The third-order valence-corrected chi connectivity index (χ3v) is 4.56. The molecule has 0 bridgehead atoms. The van der Waals surface area contributed by atoms with Crippen LogP contribution in [0.3, 0.4) is 0 Å². The minimum atomic E-state index is -0.634. The number of carbonyl (C=O) groups excluding carboxylic acids is 2. The molecule has 7 nitrogen and oxygen atoms in total. The first kappa shape index (κ1) is 19.1. The number of β-amino-alcohol motifs (C(OH)–C–C–N with tert-alkyl or cyclic N) is 1. The molecule has 1 unspecified atom stereocenters. The van der Waals surface area contributed by atoms with Gasteiger partial charge in [-0.25, -0.2) is 0 Å². The molecule has 0 saturated carbocycles. The first-order valence-corrected chi connectivity index (χ1v) is 9.00. The number of nitrogens with zero attached hydrogens (tertiary/aromatic N) is 2. The Morgan fingerprint density at radius 1 is 1.15 bits per heavy atom. The number of benzene rings is 1. The number of hydrogen-bond acceptors (Lipinski definition) is 6. The zero-order chi connectivity index (χ0) is 19.2. The van der Waals surface area contributed by atoms with Crippen molar-refractivity contribution in [2.75, 3.05) is 39.3 Å². The first-order valence-electron chi connectivity index (χ1n) is 9.00. The molecular formula is C20H24N2O5. The number of rotatable bonds is 7. The number of Topliss-reactive ketones (excluding diaryl/α,β-unsaturated/α-hetero) is 1. The fourth-order valence-electron chi connectivity index (χ4n) is 3.02. The van der Waals surface area contributed by atoms with Gasteiger partial charge in [0.1, 0.15) is 18.5 Å². The Labute approximate surface area is 158 Å². The lowest BCUT2D eigenvalue weighted by Crippen LogP contribution is -2.50. The number of furan rings is 1. The van der Waals surface area contributed by atoms with Gasteiger partial charge >= 0.3 is 0 Å². The summed E-state index contributed by atoms with van der Waals surface area (Å²) in [6.07, 6.45) is 0.859. The van der Waals surface area contributed by atoms with E-state index < -0.39 is 6.10 Å². The zero-order valence-corrected chi connectivity index (χ0v) is 15.3. The van der Waals surface area contributed by atoms with E-state index in [1.807, 2.05) is 0 Å². The summed E-state index contributed by atoms with van der Waals surface area (Å²) in [7, 11) is 0. The molecule has 0 aliphatic carbocycles. The van der Waals surface area contributed by atoms with Crippen LogP contribution in [0.5, 0.6) is 5.75 Å². The highest BCUT2D eigenvalue weighted by Gasteiger charge is 2.24. The van der Waals surface area contributed by atoms with Crippen LogP contribution in [0.25, 0.3) is 0 Å². The molecule has 0 spiro atoms. The monoisotopic (exact) mass is 372 g/mol. The van der Waals surface area contributed by atoms with Gasteiger partial charge in [-0.1, -0.05) is 0 Å². The summed E-state index contributed by atoms with van der Waals surface area (Å²) in [4.78, 5) is 27.4. The molecule has 2 heterocycles. The second kappa shape index (κ2) is 8.83. The maximum absolute atomic E-state index is 12.2. The van der Waals surface area contributed by atoms with Gasteiger partial charge < -0.3 is 19.2 Å². The van der Waals surface area contributed by atoms with Gasteiger partial charge in [-0.3, -0.25) is 14.5 Å². The second-order valence-electron chi connectivity index (χ2n) is 6.62. The van der Waals surface area contributed by atoms with Crippen molar-refractivity contribution in [3.8, 4) is 5.75 Å². The molecular weight excluding hydrogens is 348 g/mol. The first-order chi connectivity index (χ1) is 13.0. The lowest BCUT2D eigenvalue weighted by Gasteiger charge is -2.35. The Morgan fingerprint density at radius 3 is 2.44 bits per heavy atom. The largest absolute Gasteiger partial charge is 0.491 e. The van der Waals surface area contributed by atoms with Crippen LogP contribution < -0.4 is 4.74 Å². The van der Waals surface area contributed by atoms with Gasteiger partial charge in [0.15, 0.2) is 11.5 Å². The van der Waals surface area contributed by atoms with E-state index in [1.54, 1.807) is 41.3 Å². The van der Waals surface area contributed by atoms with Gasteiger partial charge in [0.05, 0.1) is 6.26 Å². The van der Waals surface area contributed by atoms with Crippen molar-refractivity contribution in [1.82, 2.24) is 9.80 Å². The number of ketones is 1. The van der Waals surface area contributed by atoms with Crippen LogP contribution in [-0.4, -0.2) is 72.0 Å². The van der Waals surface area contributed by atoms with Crippen LogP contribution in [0.1, 0.15) is 27.8 Å². The van der Waals surface area contributed by atoms with E-state index in [0.29, 0.717) is 49.8 Å². The Hall–Kier alpha value is -2.64. The molecule has 1 saturated heterocycles. The van der Waals surface area contributed by atoms with Crippen molar-refractivity contribution in [2.45, 2.75) is 13.0 Å². The Bertz CT molecular complexity index is 749. The minimum absolute atomic E-state index is 0.00579. The average Bonchev–Trinajstić information content (AvgIpc) is 3.21. The van der Waals surface area contributed by atoms with E-state index in [9.17, 15) is 14.7 Å². The quantitative estimate of drug-likeness (QED) is 0.745. The fraction of sp³-hybridized carbons (Fsp3) is 0.400. The third-order valence-electron chi connectivity index (χ3n) is 4.56. The summed E-state index contributed by atoms with van der Waals surface area (Å²) < 4.78 is 10.7. The van der Waals surface area contributed by atoms with Gasteiger partial charge in [-0.2, -0.15) is 0 Å². The van der Waals surface area contributed by atoms with Crippen molar-refractivity contribution in [3.05, 3.63) is 54.0 Å². The molecule has 1 aliphatic heterocycles. The molecule has 1 N–H and O–H groups in total. The predicted octanol–water partition coefficient (Wildman–Crippen LogP) is 1.68. The van der Waals surface area contributed by atoms with Crippen LogP contribution >= 0.6 is 0 Å². The summed E-state index contributed by atoms with van der Waals surface area (Å²) in [6.45, 7) is 4.74. The summed E-state index contributed by atoms with van der Waals surface area (Å²) in [6, 6.07) is 10.2. The number of carbonyl (C=O) groups is 2. The Morgan fingerprint density at radius 2 is 1.85 bits per heavy atom. The molecule has 1 aromatic heterocycles. The number of aliphatic hydroxyl groups is 1. The highest BCUT2D eigenvalue weighted by atomic mass is 16.5. The molecule has 27 heavy (non-hydrogen) atoms. The lowest BCUT2D eigenvalue weighted by atomic mass is 10.1. The van der Waals surface area contributed by atoms with Gasteiger partial charge in [-0.15, -0.1) is 0 Å². The van der Waals surface area contributed by atoms with Gasteiger partial charge in [-0.05, 0) is 43.3 Å². The van der Waals surface area contributed by atoms with E-state index in [-0.39, 0.29) is 18.3 Å². The maximum atomic E-state index is 12.2. The summed E-state index contributed by atoms with van der Waals surface area (Å²) >= 11 is 0. The SMILES string of the molecule is CC(=O)c1ccc(OCC(O)CN2CCN(C(=O)c3ccco3)CC2)cc1. The van der Waals surface area contributed by atoms with Crippen LogP contribution in [0.15, 0.2) is 47.1 Å². The number of aliphatic hydroxyl groups excluding tert-OH is 1. The second-order valence-corrected chi connectivity index (χ2v) is 6.62. The van der Waals surface area contributed by atoms with Crippen molar-refractivity contribution < 1.29 is 23.8 Å². The van der Waals surface area contributed by atoms with E-state index in [0.717, 1.165) is 0 Å². The van der Waals surface area contributed by atoms with Crippen molar-refractivity contribution in [1.29, 1.82) is 0 Å². The maximum Gasteiger partial charge on any atom is 0.289 e. The van der Waals surface area contributed by atoms with E-state index in [2.05, 4.69) is 4.90 Å². The molecule has 1 aliphatic rings. The van der Waals surface area contributed by atoms with Crippen LogP contribution in [0.4, 0.5) is 0 Å². The average molecular weight is 372 g/mol. The van der Waals surface area contributed by atoms with Gasteiger partial charge in [0.25, 0.3) is 5.91 Å². The van der Waals surface area contributed by atoms with E-state index in [4.69, 9.17) is 9.15 Å². The van der Waals surface area contributed by atoms with Crippen LogP contribution in [-0.2, 0) is 0 Å². The fourth-order valence-corrected chi connectivity index (χ4v) is 3.02. The number of ether oxygens (including phenoxy) is 1. The topological polar surface area (TPSA) is 83.2 Å². The zero-order valence-electron chi connectivity index (χ0n) is 15.3. The normalized spacial score (nSPS) is 16.1. The number of piperazine rings is 1. The molecule has 1 aromatic carbocycles. The molecule has 7 heteroatoms. The Kier molecular flexibility index (Phi) is 6.26. The smallest absolute Gasteiger partial charge is 0.289 e. The number of amides is 1. The highest BCUT2D eigenvalue weighted by Crippen LogP contribution is 2.14. The highest BCUT2D eigenvalue weighted by molar-refractivity contribution is 5.94. The van der Waals surface area contributed by atoms with E-state index in [1.165, 1.54) is 13.2 Å². The van der Waals surface area contributed by atoms with E-state index >= 15 is 0 Å². The van der Waals surface area contributed by atoms with Gasteiger partial charge in [0.2, 0.25) is 0 Å². The third kappa shape index (κ3) is 5.18. The van der Waals surface area contributed by atoms with Crippen molar-refractivity contribution in [2.24, 2.45) is 0 Å². The molecule has 0 radical (unpaired) electrons. The summed E-state index contributed by atoms with van der Waals surface area (Å²) in [5.41, 5.74) is 0.630.